The fraction of sp³-hybridized carbons (Fsp3) is 0.222. The Morgan fingerprint density at radius 1 is 1.69 bits per heavy atom. The second kappa shape index (κ2) is 4.42. The van der Waals surface area contributed by atoms with Gasteiger partial charge in [0, 0.05) is 5.38 Å². The molecule has 3 N–H and O–H groups in total. The van der Waals surface area contributed by atoms with E-state index in [1.807, 2.05) is 6.92 Å². The highest BCUT2D eigenvalue weighted by molar-refractivity contribution is 7.09. The number of nitrogens with zero attached hydrogens (tertiary/aromatic N) is 2. The first kappa shape index (κ1) is 10.8. The van der Waals surface area contributed by atoms with Crippen LogP contribution in [0.4, 0.5) is 5.69 Å². The lowest BCUT2D eigenvalue weighted by atomic mass is 10.4. The Bertz CT molecular complexity index is 477. The summed E-state index contributed by atoms with van der Waals surface area (Å²) < 4.78 is 4.59. The monoisotopic (exact) mass is 238 g/mol. The van der Waals surface area contributed by atoms with Crippen LogP contribution in [-0.2, 0) is 0 Å². The Hall–Kier alpha value is -1.73. The standard InChI is InChI=1S/C9H10N4O2S/c1-5(10)9-13-7(4-16-9)8(14)12-6-2-11-15-3-6/h2-5H,10H2,1H3,(H,12,14). The average Bonchev–Trinajstić information content (AvgIpc) is 2.86. The molecule has 1 atom stereocenters. The van der Waals surface area contributed by atoms with Crippen LogP contribution in [0.25, 0.3) is 0 Å². The Morgan fingerprint density at radius 3 is 3.06 bits per heavy atom. The predicted molar refractivity (Wildman–Crippen MR) is 59.2 cm³/mol. The van der Waals surface area contributed by atoms with Crippen molar-refractivity contribution in [2.75, 3.05) is 5.32 Å². The molecule has 1 amide bonds. The van der Waals surface area contributed by atoms with Crippen LogP contribution in [-0.4, -0.2) is 16.0 Å². The number of carbonyl (C=O) groups excluding carboxylic acids is 1. The number of amides is 1. The molecule has 1 unspecified atom stereocenters. The first-order chi connectivity index (χ1) is 7.66. The molecule has 16 heavy (non-hydrogen) atoms. The van der Waals surface area contributed by atoms with Gasteiger partial charge in [-0.1, -0.05) is 5.16 Å². The number of carbonyl (C=O) groups is 1. The van der Waals surface area contributed by atoms with E-state index in [1.54, 1.807) is 5.38 Å². The van der Waals surface area contributed by atoms with Gasteiger partial charge in [-0.15, -0.1) is 11.3 Å². The van der Waals surface area contributed by atoms with E-state index in [0.29, 0.717) is 11.4 Å². The zero-order chi connectivity index (χ0) is 11.5. The zero-order valence-electron chi connectivity index (χ0n) is 8.51. The van der Waals surface area contributed by atoms with Crippen molar-refractivity contribution >= 4 is 22.9 Å². The number of nitrogens with one attached hydrogen (secondary N) is 1. The summed E-state index contributed by atoms with van der Waals surface area (Å²) in [7, 11) is 0. The lowest BCUT2D eigenvalue weighted by Gasteiger charge is -1.98. The topological polar surface area (TPSA) is 94.0 Å². The molecule has 2 rings (SSSR count). The number of hydrogen-bond donors (Lipinski definition) is 2. The number of hydrogen-bond acceptors (Lipinski definition) is 6. The molecule has 0 bridgehead atoms. The van der Waals surface area contributed by atoms with Crippen molar-refractivity contribution in [3.05, 3.63) is 28.5 Å². The third kappa shape index (κ3) is 2.26. The van der Waals surface area contributed by atoms with Gasteiger partial charge in [0.25, 0.3) is 5.91 Å². The zero-order valence-corrected chi connectivity index (χ0v) is 9.32. The minimum Gasteiger partial charge on any atom is -0.363 e. The van der Waals surface area contributed by atoms with Crippen molar-refractivity contribution < 1.29 is 9.32 Å². The van der Waals surface area contributed by atoms with E-state index < -0.39 is 0 Å². The normalized spacial score (nSPS) is 12.4. The molecule has 0 saturated heterocycles. The second-order valence-corrected chi connectivity index (χ2v) is 4.12. The molecule has 7 heteroatoms. The summed E-state index contributed by atoms with van der Waals surface area (Å²) in [5.74, 6) is -0.300. The van der Waals surface area contributed by atoms with Crippen LogP contribution in [0.2, 0.25) is 0 Å². The highest BCUT2D eigenvalue weighted by Gasteiger charge is 2.13. The smallest absolute Gasteiger partial charge is 0.275 e. The van der Waals surface area contributed by atoms with Crippen molar-refractivity contribution in [1.29, 1.82) is 0 Å². The van der Waals surface area contributed by atoms with E-state index >= 15 is 0 Å². The van der Waals surface area contributed by atoms with Crippen LogP contribution < -0.4 is 11.1 Å². The lowest BCUT2D eigenvalue weighted by molar-refractivity contribution is 0.102. The lowest BCUT2D eigenvalue weighted by Crippen LogP contribution is -2.12. The van der Waals surface area contributed by atoms with Gasteiger partial charge in [-0.2, -0.15) is 0 Å². The summed E-state index contributed by atoms with van der Waals surface area (Å²) in [5.41, 5.74) is 6.50. The highest BCUT2D eigenvalue weighted by atomic mass is 32.1. The van der Waals surface area contributed by atoms with Gasteiger partial charge in [-0.25, -0.2) is 4.98 Å². The van der Waals surface area contributed by atoms with Gasteiger partial charge in [0.2, 0.25) is 0 Å². The van der Waals surface area contributed by atoms with Crippen LogP contribution in [0.3, 0.4) is 0 Å². The molecule has 0 radical (unpaired) electrons. The number of aromatic nitrogens is 2. The minimum absolute atomic E-state index is 0.165. The fourth-order valence-electron chi connectivity index (χ4n) is 1.06. The third-order valence-electron chi connectivity index (χ3n) is 1.83. The van der Waals surface area contributed by atoms with E-state index in [1.165, 1.54) is 23.8 Å². The summed E-state index contributed by atoms with van der Waals surface area (Å²) in [6.07, 6.45) is 2.76. The summed E-state index contributed by atoms with van der Waals surface area (Å²) in [6, 6.07) is -0.165. The molecular formula is C9H10N4O2S. The van der Waals surface area contributed by atoms with Gasteiger partial charge in [-0.3, -0.25) is 4.79 Å². The van der Waals surface area contributed by atoms with Crippen LogP contribution >= 0.6 is 11.3 Å². The minimum atomic E-state index is -0.300. The van der Waals surface area contributed by atoms with E-state index in [0.717, 1.165) is 5.01 Å². The van der Waals surface area contributed by atoms with E-state index in [4.69, 9.17) is 5.73 Å². The van der Waals surface area contributed by atoms with Gasteiger partial charge < -0.3 is 15.6 Å². The van der Waals surface area contributed by atoms with Gasteiger partial charge in [0.15, 0.2) is 0 Å². The Balaban J connectivity index is 2.09. The molecular weight excluding hydrogens is 228 g/mol. The summed E-state index contributed by atoms with van der Waals surface area (Å²) in [4.78, 5) is 15.8. The van der Waals surface area contributed by atoms with Crippen molar-refractivity contribution in [3.63, 3.8) is 0 Å². The molecule has 0 fully saturated rings. The summed E-state index contributed by atoms with van der Waals surface area (Å²) >= 11 is 1.36. The Morgan fingerprint density at radius 2 is 2.50 bits per heavy atom. The SMILES string of the molecule is CC(N)c1nc(C(=O)Nc2cnoc2)cs1. The summed E-state index contributed by atoms with van der Waals surface area (Å²) in [5, 5.41) is 8.47. The molecule has 0 aliphatic heterocycles. The molecule has 0 aliphatic carbocycles. The van der Waals surface area contributed by atoms with Crippen molar-refractivity contribution in [2.45, 2.75) is 13.0 Å². The summed E-state index contributed by atoms with van der Waals surface area (Å²) in [6.45, 7) is 1.82. The van der Waals surface area contributed by atoms with Crippen LogP contribution in [0, 0.1) is 0 Å². The highest BCUT2D eigenvalue weighted by Crippen LogP contribution is 2.16. The van der Waals surface area contributed by atoms with Gasteiger partial charge in [0.1, 0.15) is 22.7 Å². The maximum Gasteiger partial charge on any atom is 0.275 e. The Kier molecular flexibility index (Phi) is 2.97. The Labute approximate surface area is 95.5 Å². The number of rotatable bonds is 3. The number of nitrogens with two attached hydrogens (primary N) is 1. The predicted octanol–water partition coefficient (Wildman–Crippen LogP) is 1.40. The molecule has 0 aliphatic rings. The van der Waals surface area contributed by atoms with E-state index in [9.17, 15) is 4.79 Å². The van der Waals surface area contributed by atoms with Crippen LogP contribution in [0.1, 0.15) is 28.5 Å². The molecule has 2 aromatic heterocycles. The van der Waals surface area contributed by atoms with Crippen molar-refractivity contribution in [1.82, 2.24) is 10.1 Å². The molecule has 6 nitrogen and oxygen atoms in total. The van der Waals surface area contributed by atoms with Gasteiger partial charge in [0.05, 0.1) is 12.2 Å². The van der Waals surface area contributed by atoms with Crippen LogP contribution in [0.5, 0.6) is 0 Å². The van der Waals surface area contributed by atoms with Gasteiger partial charge >= 0.3 is 0 Å². The van der Waals surface area contributed by atoms with E-state index in [2.05, 4.69) is 20.0 Å². The molecule has 0 saturated carbocycles. The maximum absolute atomic E-state index is 11.7. The largest absolute Gasteiger partial charge is 0.363 e. The maximum atomic E-state index is 11.7. The van der Waals surface area contributed by atoms with Crippen LogP contribution in [0.15, 0.2) is 22.4 Å². The molecule has 2 heterocycles. The second-order valence-electron chi connectivity index (χ2n) is 3.23. The third-order valence-corrected chi connectivity index (χ3v) is 2.88. The molecule has 84 valence electrons. The van der Waals surface area contributed by atoms with Crippen molar-refractivity contribution in [2.24, 2.45) is 5.73 Å². The van der Waals surface area contributed by atoms with Crippen molar-refractivity contribution in [3.8, 4) is 0 Å². The first-order valence-electron chi connectivity index (χ1n) is 4.58. The quantitative estimate of drug-likeness (QED) is 0.843. The van der Waals surface area contributed by atoms with E-state index in [-0.39, 0.29) is 11.9 Å². The number of anilines is 1. The first-order valence-corrected chi connectivity index (χ1v) is 5.46. The van der Waals surface area contributed by atoms with Gasteiger partial charge in [-0.05, 0) is 6.92 Å². The molecule has 0 spiro atoms. The number of thiazole rings is 1. The fourth-order valence-corrected chi connectivity index (χ4v) is 1.82. The molecule has 2 aromatic rings. The average molecular weight is 238 g/mol. The molecule has 0 aromatic carbocycles.